The molecule has 0 unspecified atom stereocenters. The molecule has 1 aromatic heterocycles. The third-order valence-corrected chi connectivity index (χ3v) is 5.38. The summed E-state index contributed by atoms with van der Waals surface area (Å²) in [6.45, 7) is 9.36. The molecule has 158 valence electrons. The van der Waals surface area contributed by atoms with Gasteiger partial charge < -0.3 is 15.5 Å². The van der Waals surface area contributed by atoms with Crippen LogP contribution in [0.2, 0.25) is 0 Å². The largest absolute Gasteiger partial charge is 0.369 e. The summed E-state index contributed by atoms with van der Waals surface area (Å²) in [5.74, 6) is 1.69. The number of aryl methyl sites for hydroxylation is 2. The molecule has 0 radical (unpaired) electrons. The number of piperazine rings is 1. The Morgan fingerprint density at radius 3 is 2.66 bits per heavy atom. The summed E-state index contributed by atoms with van der Waals surface area (Å²) >= 11 is 0. The highest BCUT2D eigenvalue weighted by atomic mass is 15.3. The molecule has 0 amide bonds. The van der Waals surface area contributed by atoms with E-state index in [4.69, 9.17) is 0 Å². The summed E-state index contributed by atoms with van der Waals surface area (Å²) in [6.07, 6.45) is 3.88. The van der Waals surface area contributed by atoms with Gasteiger partial charge in [-0.1, -0.05) is 12.1 Å². The monoisotopic (exact) mass is 398 g/mol. The maximum Gasteiger partial charge on any atom is 0.191 e. The Hall–Kier alpha value is -2.61. The summed E-state index contributed by atoms with van der Waals surface area (Å²) in [6, 6.07) is 8.82. The van der Waals surface area contributed by atoms with Crippen molar-refractivity contribution >= 4 is 11.6 Å². The van der Waals surface area contributed by atoms with Gasteiger partial charge in [-0.05, 0) is 44.0 Å². The van der Waals surface area contributed by atoms with E-state index in [1.54, 1.807) is 18.1 Å². The SMILES string of the molecule is CN=C(NCCCCN1CCN(c2cccc(C)c2)CC1)NCc1ncnn1C. The van der Waals surface area contributed by atoms with Crippen LogP contribution in [-0.2, 0) is 13.6 Å². The second-order valence-electron chi connectivity index (χ2n) is 7.53. The first-order valence-electron chi connectivity index (χ1n) is 10.5. The molecule has 0 spiro atoms. The van der Waals surface area contributed by atoms with Crippen LogP contribution in [0.1, 0.15) is 24.2 Å². The van der Waals surface area contributed by atoms with E-state index in [2.05, 4.69) is 66.7 Å². The number of aromatic nitrogens is 3. The van der Waals surface area contributed by atoms with Crippen molar-refractivity contribution in [2.75, 3.05) is 51.2 Å². The zero-order valence-corrected chi connectivity index (χ0v) is 17.9. The summed E-state index contributed by atoms with van der Waals surface area (Å²) in [4.78, 5) is 13.6. The van der Waals surface area contributed by atoms with Crippen LogP contribution in [0.25, 0.3) is 0 Å². The van der Waals surface area contributed by atoms with Gasteiger partial charge in [-0.15, -0.1) is 0 Å². The van der Waals surface area contributed by atoms with Crippen LogP contribution >= 0.6 is 0 Å². The van der Waals surface area contributed by atoms with Gasteiger partial charge in [-0.2, -0.15) is 5.10 Å². The van der Waals surface area contributed by atoms with Crippen LogP contribution < -0.4 is 15.5 Å². The fourth-order valence-electron chi connectivity index (χ4n) is 3.59. The summed E-state index contributed by atoms with van der Waals surface area (Å²) in [5, 5.41) is 10.7. The molecule has 3 rings (SSSR count). The molecule has 1 saturated heterocycles. The lowest BCUT2D eigenvalue weighted by Gasteiger charge is -2.36. The predicted octanol–water partition coefficient (Wildman–Crippen LogP) is 1.39. The molecular formula is C21H34N8. The van der Waals surface area contributed by atoms with E-state index in [-0.39, 0.29) is 0 Å². The van der Waals surface area contributed by atoms with Crippen LogP contribution in [0.4, 0.5) is 5.69 Å². The second-order valence-corrected chi connectivity index (χ2v) is 7.53. The van der Waals surface area contributed by atoms with Crippen molar-refractivity contribution in [2.45, 2.75) is 26.3 Å². The third kappa shape index (κ3) is 6.45. The number of nitrogens with zero attached hydrogens (tertiary/aromatic N) is 6. The first kappa shape index (κ1) is 21.1. The van der Waals surface area contributed by atoms with Crippen LogP contribution in [0.15, 0.2) is 35.6 Å². The maximum absolute atomic E-state index is 4.27. The van der Waals surface area contributed by atoms with E-state index in [0.717, 1.165) is 57.5 Å². The minimum absolute atomic E-state index is 0.612. The molecule has 0 saturated carbocycles. The standard InChI is InChI=1S/C21H34N8/c1-18-7-6-8-19(15-18)29-13-11-28(12-14-29)10-5-4-9-23-21(22-2)24-16-20-25-17-26-27(20)3/h6-8,15,17H,4-5,9-14,16H2,1-3H3,(H2,22,23,24). The average Bonchev–Trinajstić information content (AvgIpc) is 3.15. The maximum atomic E-state index is 4.27. The lowest BCUT2D eigenvalue weighted by Crippen LogP contribution is -2.46. The molecule has 2 heterocycles. The number of benzene rings is 1. The molecule has 1 fully saturated rings. The Morgan fingerprint density at radius 2 is 1.97 bits per heavy atom. The molecular weight excluding hydrogens is 364 g/mol. The van der Waals surface area contributed by atoms with Gasteiger partial charge in [0, 0.05) is 52.5 Å². The fraction of sp³-hybridized carbons (Fsp3) is 0.571. The number of hydrogen-bond donors (Lipinski definition) is 2. The van der Waals surface area contributed by atoms with Crippen molar-refractivity contribution in [1.29, 1.82) is 0 Å². The Balaban J connectivity index is 1.27. The zero-order valence-electron chi connectivity index (χ0n) is 17.9. The topological polar surface area (TPSA) is 73.6 Å². The molecule has 0 aliphatic carbocycles. The second kappa shape index (κ2) is 10.8. The molecule has 2 aromatic rings. The minimum atomic E-state index is 0.612. The van der Waals surface area contributed by atoms with Crippen LogP contribution in [0.5, 0.6) is 0 Å². The Bertz CT molecular complexity index is 776. The lowest BCUT2D eigenvalue weighted by molar-refractivity contribution is 0.253. The Morgan fingerprint density at radius 1 is 1.14 bits per heavy atom. The number of anilines is 1. The van der Waals surface area contributed by atoms with Crippen LogP contribution in [0, 0.1) is 6.92 Å². The highest BCUT2D eigenvalue weighted by Crippen LogP contribution is 2.17. The van der Waals surface area contributed by atoms with Gasteiger partial charge in [0.25, 0.3) is 0 Å². The summed E-state index contributed by atoms with van der Waals surface area (Å²) < 4.78 is 1.76. The van der Waals surface area contributed by atoms with E-state index in [1.165, 1.54) is 17.7 Å². The van der Waals surface area contributed by atoms with Crippen molar-refractivity contribution in [3.05, 3.63) is 42.0 Å². The number of rotatable bonds is 8. The number of aliphatic imine (C=N–C) groups is 1. The number of hydrogen-bond acceptors (Lipinski definition) is 5. The van der Waals surface area contributed by atoms with Crippen LogP contribution in [-0.4, -0.2) is 71.9 Å². The van der Waals surface area contributed by atoms with Gasteiger partial charge in [0.15, 0.2) is 5.96 Å². The zero-order chi connectivity index (χ0) is 20.5. The molecule has 1 aliphatic rings. The lowest BCUT2D eigenvalue weighted by atomic mass is 10.2. The number of nitrogens with one attached hydrogen (secondary N) is 2. The van der Waals surface area contributed by atoms with Crippen molar-refractivity contribution < 1.29 is 0 Å². The molecule has 8 nitrogen and oxygen atoms in total. The van der Waals surface area contributed by atoms with E-state index >= 15 is 0 Å². The van der Waals surface area contributed by atoms with Crippen molar-refractivity contribution in [3.8, 4) is 0 Å². The Labute approximate surface area is 174 Å². The molecule has 1 aliphatic heterocycles. The first-order valence-corrected chi connectivity index (χ1v) is 10.5. The highest BCUT2D eigenvalue weighted by molar-refractivity contribution is 5.79. The first-order chi connectivity index (χ1) is 14.2. The fourth-order valence-corrected chi connectivity index (χ4v) is 3.59. The van der Waals surface area contributed by atoms with Crippen molar-refractivity contribution in [1.82, 2.24) is 30.3 Å². The Kier molecular flexibility index (Phi) is 7.86. The van der Waals surface area contributed by atoms with Gasteiger partial charge >= 0.3 is 0 Å². The van der Waals surface area contributed by atoms with Gasteiger partial charge in [0.1, 0.15) is 12.2 Å². The van der Waals surface area contributed by atoms with Gasteiger partial charge in [0.2, 0.25) is 0 Å². The molecule has 8 heteroatoms. The third-order valence-electron chi connectivity index (χ3n) is 5.38. The van der Waals surface area contributed by atoms with E-state index < -0.39 is 0 Å². The predicted molar refractivity (Wildman–Crippen MR) is 118 cm³/mol. The number of unbranched alkanes of at least 4 members (excludes halogenated alkanes) is 1. The van der Waals surface area contributed by atoms with E-state index in [1.807, 2.05) is 7.05 Å². The summed E-state index contributed by atoms with van der Waals surface area (Å²) in [7, 11) is 3.68. The highest BCUT2D eigenvalue weighted by Gasteiger charge is 2.16. The van der Waals surface area contributed by atoms with Gasteiger partial charge in [-0.25, -0.2) is 4.98 Å². The minimum Gasteiger partial charge on any atom is -0.369 e. The van der Waals surface area contributed by atoms with E-state index in [9.17, 15) is 0 Å². The average molecular weight is 399 g/mol. The van der Waals surface area contributed by atoms with Gasteiger partial charge in [-0.3, -0.25) is 14.6 Å². The summed E-state index contributed by atoms with van der Waals surface area (Å²) in [5.41, 5.74) is 2.69. The van der Waals surface area contributed by atoms with Crippen molar-refractivity contribution in [2.24, 2.45) is 12.0 Å². The van der Waals surface area contributed by atoms with Gasteiger partial charge in [0.05, 0.1) is 6.54 Å². The molecule has 0 atom stereocenters. The quantitative estimate of drug-likeness (QED) is 0.398. The molecule has 2 N–H and O–H groups in total. The normalized spacial score (nSPS) is 15.6. The smallest absolute Gasteiger partial charge is 0.191 e. The molecule has 0 bridgehead atoms. The van der Waals surface area contributed by atoms with E-state index in [0.29, 0.717) is 6.54 Å². The van der Waals surface area contributed by atoms with Crippen LogP contribution in [0.3, 0.4) is 0 Å². The molecule has 29 heavy (non-hydrogen) atoms. The van der Waals surface area contributed by atoms with Crippen molar-refractivity contribution in [3.63, 3.8) is 0 Å². The number of guanidine groups is 1. The molecule has 1 aromatic carbocycles.